The van der Waals surface area contributed by atoms with E-state index in [0.29, 0.717) is 24.3 Å². The minimum atomic E-state index is -0.481. The highest BCUT2D eigenvalue weighted by Crippen LogP contribution is 2.18. The van der Waals surface area contributed by atoms with Crippen molar-refractivity contribution < 1.29 is 9.18 Å². The van der Waals surface area contributed by atoms with Crippen molar-refractivity contribution >= 4 is 22.9 Å². The lowest BCUT2D eigenvalue weighted by atomic mass is 10.1. The van der Waals surface area contributed by atoms with Gasteiger partial charge in [-0.3, -0.25) is 4.79 Å². The maximum Gasteiger partial charge on any atom is 0.252 e. The van der Waals surface area contributed by atoms with Crippen LogP contribution in [0.1, 0.15) is 48.9 Å². The van der Waals surface area contributed by atoms with Crippen LogP contribution in [0.25, 0.3) is 11.4 Å². The van der Waals surface area contributed by atoms with Gasteiger partial charge in [-0.2, -0.15) is 14.6 Å². The van der Waals surface area contributed by atoms with Crippen LogP contribution in [0, 0.1) is 0 Å². The standard InChI is InChI=1S/C21H21FN6O.C2H6/c1-14(6-3-4-7-15(2)22)19-11-18(27-21-25-13-26-28(19)21)12-24-17-9-5-8-16(10-17)20(23)29;1-2/h4-11,13,24H,2-3,12H2,1H3,(H2,23,29);1-2H3/b7-4?,14-6+;. The molecule has 3 aromatic rings. The molecule has 0 saturated heterocycles. The van der Waals surface area contributed by atoms with Crippen LogP contribution in [0.2, 0.25) is 0 Å². The van der Waals surface area contributed by atoms with Crippen LogP contribution in [0.15, 0.2) is 67.3 Å². The minimum Gasteiger partial charge on any atom is -0.379 e. The molecule has 2 aromatic heterocycles. The number of aromatic nitrogens is 4. The lowest BCUT2D eigenvalue weighted by molar-refractivity contribution is 0.100. The number of nitrogens with one attached hydrogen (secondary N) is 1. The number of carbonyl (C=O) groups is 1. The van der Waals surface area contributed by atoms with Crippen LogP contribution in [-0.4, -0.2) is 25.5 Å². The molecule has 0 atom stereocenters. The van der Waals surface area contributed by atoms with E-state index in [1.54, 1.807) is 28.8 Å². The molecular formula is C23H27FN6O. The summed E-state index contributed by atoms with van der Waals surface area (Å²) in [7, 11) is 0. The number of carbonyl (C=O) groups excluding carboxylic acids is 1. The second kappa shape index (κ2) is 11.4. The molecule has 0 unspecified atom stereocenters. The van der Waals surface area contributed by atoms with Crippen LogP contribution in [-0.2, 0) is 6.54 Å². The van der Waals surface area contributed by atoms with E-state index >= 15 is 0 Å². The van der Waals surface area contributed by atoms with Crippen molar-refractivity contribution in [3.63, 3.8) is 0 Å². The molecule has 2 heterocycles. The second-order valence-corrected chi connectivity index (χ2v) is 6.38. The van der Waals surface area contributed by atoms with Gasteiger partial charge in [0, 0.05) is 11.3 Å². The average Bonchev–Trinajstić information content (AvgIpc) is 3.24. The Morgan fingerprint density at radius 1 is 1.32 bits per heavy atom. The molecule has 0 fully saturated rings. The molecule has 3 N–H and O–H groups in total. The third-order valence-corrected chi connectivity index (χ3v) is 4.19. The second-order valence-electron chi connectivity index (χ2n) is 6.38. The summed E-state index contributed by atoms with van der Waals surface area (Å²) < 4.78 is 14.4. The Balaban J connectivity index is 0.00000166. The molecule has 7 nitrogen and oxygen atoms in total. The Morgan fingerprint density at radius 3 is 2.81 bits per heavy atom. The highest BCUT2D eigenvalue weighted by atomic mass is 19.1. The van der Waals surface area contributed by atoms with Gasteiger partial charge in [-0.1, -0.05) is 38.6 Å². The van der Waals surface area contributed by atoms with Crippen LogP contribution < -0.4 is 11.1 Å². The monoisotopic (exact) mass is 422 g/mol. The van der Waals surface area contributed by atoms with E-state index < -0.39 is 11.7 Å². The Kier molecular flexibility index (Phi) is 8.63. The lowest BCUT2D eigenvalue weighted by Gasteiger charge is -2.10. The van der Waals surface area contributed by atoms with E-state index in [1.807, 2.05) is 39.0 Å². The van der Waals surface area contributed by atoms with Gasteiger partial charge in [0.25, 0.3) is 5.78 Å². The maximum absolute atomic E-state index is 12.7. The van der Waals surface area contributed by atoms with Crippen molar-refractivity contribution in [1.82, 2.24) is 19.6 Å². The fourth-order valence-corrected chi connectivity index (χ4v) is 2.75. The number of fused-ring (bicyclic) bond motifs is 1. The van der Waals surface area contributed by atoms with Crippen LogP contribution >= 0.6 is 0 Å². The minimum absolute atomic E-state index is 0.424. The number of nitrogens with zero attached hydrogens (tertiary/aromatic N) is 4. The smallest absolute Gasteiger partial charge is 0.252 e. The van der Waals surface area contributed by atoms with Gasteiger partial charge in [-0.05, 0) is 49.3 Å². The number of anilines is 1. The van der Waals surface area contributed by atoms with Gasteiger partial charge in [0.2, 0.25) is 5.91 Å². The SMILES string of the molecule is C=C(F)C=CC/C=C(\C)c1cc(CNc2cccc(C(N)=O)c2)nc2ncnn12.CC. The van der Waals surface area contributed by atoms with Gasteiger partial charge in [0.1, 0.15) is 12.2 Å². The summed E-state index contributed by atoms with van der Waals surface area (Å²) in [5.74, 6) is -0.483. The van der Waals surface area contributed by atoms with Gasteiger partial charge >= 0.3 is 0 Å². The molecule has 0 saturated carbocycles. The van der Waals surface area contributed by atoms with E-state index in [1.165, 1.54) is 12.4 Å². The van der Waals surface area contributed by atoms with Crippen molar-refractivity contribution in [2.24, 2.45) is 5.73 Å². The van der Waals surface area contributed by atoms with Crippen molar-refractivity contribution in [3.8, 4) is 0 Å². The molecule has 3 rings (SSSR count). The molecule has 0 spiro atoms. The summed E-state index contributed by atoms with van der Waals surface area (Å²) in [4.78, 5) is 20.0. The maximum atomic E-state index is 12.7. The zero-order chi connectivity index (χ0) is 22.8. The Morgan fingerprint density at radius 2 is 2.10 bits per heavy atom. The molecule has 1 aromatic carbocycles. The molecular weight excluding hydrogens is 395 g/mol. The predicted molar refractivity (Wildman–Crippen MR) is 122 cm³/mol. The van der Waals surface area contributed by atoms with E-state index in [4.69, 9.17) is 5.73 Å². The third kappa shape index (κ3) is 6.60. The number of nitrogens with two attached hydrogens (primary N) is 1. The first kappa shape index (κ1) is 23.5. The first-order chi connectivity index (χ1) is 14.9. The molecule has 162 valence electrons. The van der Waals surface area contributed by atoms with Crippen molar-refractivity contribution in [1.29, 1.82) is 0 Å². The van der Waals surface area contributed by atoms with Gasteiger partial charge in [0.05, 0.1) is 17.9 Å². The predicted octanol–water partition coefficient (Wildman–Crippen LogP) is 4.69. The largest absolute Gasteiger partial charge is 0.379 e. The number of amides is 1. The highest BCUT2D eigenvalue weighted by molar-refractivity contribution is 5.93. The van der Waals surface area contributed by atoms with Crippen molar-refractivity contribution in [3.05, 3.63) is 84.2 Å². The average molecular weight is 423 g/mol. The summed E-state index contributed by atoms with van der Waals surface area (Å²) in [5.41, 5.74) is 9.06. The van der Waals surface area contributed by atoms with Gasteiger partial charge in [-0.25, -0.2) is 9.37 Å². The van der Waals surface area contributed by atoms with Crippen molar-refractivity contribution in [2.45, 2.75) is 33.7 Å². The van der Waals surface area contributed by atoms with E-state index in [-0.39, 0.29) is 0 Å². The van der Waals surface area contributed by atoms with E-state index in [0.717, 1.165) is 22.6 Å². The lowest BCUT2D eigenvalue weighted by Crippen LogP contribution is -2.11. The van der Waals surface area contributed by atoms with Gasteiger partial charge < -0.3 is 11.1 Å². The molecule has 0 aliphatic carbocycles. The fraction of sp³-hybridized carbons (Fsp3) is 0.217. The molecule has 0 radical (unpaired) electrons. The van der Waals surface area contributed by atoms with E-state index in [2.05, 4.69) is 27.0 Å². The van der Waals surface area contributed by atoms with Gasteiger partial charge in [0.15, 0.2) is 0 Å². The van der Waals surface area contributed by atoms with Crippen molar-refractivity contribution in [2.75, 3.05) is 5.32 Å². The molecule has 8 heteroatoms. The quantitative estimate of drug-likeness (QED) is 0.513. The number of allylic oxidation sites excluding steroid dienone is 5. The van der Waals surface area contributed by atoms with Gasteiger partial charge in [-0.15, -0.1) is 0 Å². The highest BCUT2D eigenvalue weighted by Gasteiger charge is 2.09. The summed E-state index contributed by atoms with van der Waals surface area (Å²) in [6.07, 6.45) is 6.99. The normalized spacial score (nSPS) is 11.3. The van der Waals surface area contributed by atoms with Crippen LogP contribution in [0.5, 0.6) is 0 Å². The Labute approximate surface area is 181 Å². The summed E-state index contributed by atoms with van der Waals surface area (Å²) in [6.45, 7) is 9.57. The third-order valence-electron chi connectivity index (χ3n) is 4.19. The molecule has 31 heavy (non-hydrogen) atoms. The zero-order valence-corrected chi connectivity index (χ0v) is 18.0. The fourth-order valence-electron chi connectivity index (χ4n) is 2.75. The van der Waals surface area contributed by atoms with Crippen LogP contribution in [0.4, 0.5) is 10.1 Å². The Hall–Kier alpha value is -3.81. The first-order valence-corrected chi connectivity index (χ1v) is 9.95. The molecule has 1 amide bonds. The summed E-state index contributed by atoms with van der Waals surface area (Å²) in [6, 6.07) is 8.87. The number of benzene rings is 1. The Bertz CT molecular complexity index is 1120. The molecule has 0 aliphatic heterocycles. The number of primary amides is 1. The van der Waals surface area contributed by atoms with E-state index in [9.17, 15) is 9.18 Å². The topological polar surface area (TPSA) is 98.2 Å². The molecule has 0 aliphatic rings. The zero-order valence-electron chi connectivity index (χ0n) is 18.0. The first-order valence-electron chi connectivity index (χ1n) is 9.95. The molecule has 0 bridgehead atoms. The number of rotatable bonds is 8. The number of halogens is 1. The summed E-state index contributed by atoms with van der Waals surface area (Å²) in [5, 5.41) is 7.46. The number of hydrogen-bond acceptors (Lipinski definition) is 5. The van der Waals surface area contributed by atoms with Crippen LogP contribution in [0.3, 0.4) is 0 Å². The number of hydrogen-bond donors (Lipinski definition) is 2. The summed E-state index contributed by atoms with van der Waals surface area (Å²) >= 11 is 0.